The maximum Gasteiger partial charge on any atom is 0.143 e. The molecule has 56 heavy (non-hydrogen) atoms. The third-order valence-electron chi connectivity index (χ3n) is 11.3. The Kier molecular flexibility index (Phi) is 7.00. The summed E-state index contributed by atoms with van der Waals surface area (Å²) >= 11 is 3.72. The van der Waals surface area contributed by atoms with Gasteiger partial charge in [-0.3, -0.25) is 0 Å². The van der Waals surface area contributed by atoms with Crippen LogP contribution in [-0.4, -0.2) is 0 Å². The molecule has 0 aliphatic carbocycles. The lowest BCUT2D eigenvalue weighted by Crippen LogP contribution is -2.10. The van der Waals surface area contributed by atoms with Crippen LogP contribution in [0.3, 0.4) is 0 Å². The Labute approximate surface area is 330 Å². The lowest BCUT2D eigenvalue weighted by atomic mass is 9.98. The van der Waals surface area contributed by atoms with Gasteiger partial charge < -0.3 is 9.32 Å². The van der Waals surface area contributed by atoms with E-state index in [9.17, 15) is 0 Å². The van der Waals surface area contributed by atoms with E-state index in [0.29, 0.717) is 0 Å². The molecule has 2 nitrogen and oxygen atoms in total. The molecule has 0 aliphatic rings. The molecule has 3 aromatic heterocycles. The fourth-order valence-electron chi connectivity index (χ4n) is 8.72. The van der Waals surface area contributed by atoms with Crippen LogP contribution in [0.2, 0.25) is 0 Å². The molecule has 0 N–H and O–H groups in total. The number of hydrogen-bond acceptors (Lipinski definition) is 4. The van der Waals surface area contributed by atoms with Crippen LogP contribution in [0.5, 0.6) is 0 Å². The number of nitrogens with zero attached hydrogens (tertiary/aromatic N) is 1. The van der Waals surface area contributed by atoms with Crippen LogP contribution in [0.4, 0.5) is 17.1 Å². The summed E-state index contributed by atoms with van der Waals surface area (Å²) in [4.78, 5) is 2.42. The lowest BCUT2D eigenvalue weighted by Gasteiger charge is -2.27. The first-order valence-corrected chi connectivity index (χ1v) is 20.5. The molecule has 12 aromatic rings. The van der Waals surface area contributed by atoms with Crippen LogP contribution < -0.4 is 4.90 Å². The average molecular weight is 750 g/mol. The molecule has 0 bridgehead atoms. The predicted molar refractivity (Wildman–Crippen MR) is 243 cm³/mol. The smallest absolute Gasteiger partial charge is 0.143 e. The summed E-state index contributed by atoms with van der Waals surface area (Å²) in [6.45, 7) is 0. The van der Waals surface area contributed by atoms with Crippen molar-refractivity contribution in [3.05, 3.63) is 188 Å². The number of thiophene rings is 2. The van der Waals surface area contributed by atoms with Gasteiger partial charge in [0.25, 0.3) is 0 Å². The highest BCUT2D eigenvalue weighted by Crippen LogP contribution is 2.47. The van der Waals surface area contributed by atoms with Crippen molar-refractivity contribution in [1.29, 1.82) is 0 Å². The number of fused-ring (bicyclic) bond motifs is 11. The number of benzene rings is 9. The standard InChI is InChI=1S/C52H31NOS2/c1-2-11-38-32(10-1)26-31-41-40-16-7-15-39(51(40)54-52(38)41)34-24-29-36(30-25-34)53(44-17-9-21-48-50(44)43-13-4-6-19-46(43)56-48)35-27-22-33(23-28-35)37-14-8-20-47-49(37)42-12-3-5-18-45(42)55-47/h1-31H. The zero-order valence-corrected chi connectivity index (χ0v) is 31.7. The second-order valence-electron chi connectivity index (χ2n) is 14.4. The van der Waals surface area contributed by atoms with Gasteiger partial charge >= 0.3 is 0 Å². The van der Waals surface area contributed by atoms with E-state index in [1.807, 2.05) is 22.7 Å². The normalized spacial score (nSPS) is 11.9. The van der Waals surface area contributed by atoms with Gasteiger partial charge in [0, 0.05) is 73.4 Å². The molecule has 0 atom stereocenters. The van der Waals surface area contributed by atoms with E-state index in [2.05, 4.69) is 193 Å². The molecule has 0 spiro atoms. The average Bonchev–Trinajstić information content (AvgIpc) is 3.96. The first kappa shape index (κ1) is 31.6. The molecule has 0 fully saturated rings. The summed E-state index contributed by atoms with van der Waals surface area (Å²) in [5.74, 6) is 0. The van der Waals surface area contributed by atoms with Gasteiger partial charge in [-0.05, 0) is 82.7 Å². The van der Waals surface area contributed by atoms with Gasteiger partial charge in [0.1, 0.15) is 11.2 Å². The summed E-state index contributed by atoms with van der Waals surface area (Å²) in [6, 6.07) is 68.4. The Morgan fingerprint density at radius 1 is 0.339 bits per heavy atom. The van der Waals surface area contributed by atoms with Gasteiger partial charge in [0.15, 0.2) is 0 Å². The summed E-state index contributed by atoms with van der Waals surface area (Å²) in [7, 11) is 0. The zero-order chi connectivity index (χ0) is 36.7. The molecule has 0 aliphatic heterocycles. The molecule has 262 valence electrons. The third-order valence-corrected chi connectivity index (χ3v) is 13.6. The second kappa shape index (κ2) is 12.4. The minimum Gasteiger partial charge on any atom is -0.455 e. The summed E-state index contributed by atoms with van der Waals surface area (Å²) in [5, 5.41) is 9.80. The predicted octanol–water partition coefficient (Wildman–Crippen LogP) is 16.3. The van der Waals surface area contributed by atoms with Gasteiger partial charge in [0.05, 0.1) is 5.69 Å². The Morgan fingerprint density at radius 3 is 1.59 bits per heavy atom. The topological polar surface area (TPSA) is 16.4 Å². The highest BCUT2D eigenvalue weighted by molar-refractivity contribution is 7.26. The molecule has 0 radical (unpaired) electrons. The zero-order valence-electron chi connectivity index (χ0n) is 30.1. The van der Waals surface area contributed by atoms with Gasteiger partial charge in [0.2, 0.25) is 0 Å². The van der Waals surface area contributed by atoms with Crippen molar-refractivity contribution in [3.63, 3.8) is 0 Å². The molecule has 12 rings (SSSR count). The van der Waals surface area contributed by atoms with Crippen LogP contribution >= 0.6 is 22.7 Å². The van der Waals surface area contributed by atoms with Crippen LogP contribution in [0.15, 0.2) is 192 Å². The monoisotopic (exact) mass is 749 g/mol. The fourth-order valence-corrected chi connectivity index (χ4v) is 11.0. The molecule has 0 saturated heterocycles. The quantitative estimate of drug-likeness (QED) is 0.174. The summed E-state index contributed by atoms with van der Waals surface area (Å²) in [6.07, 6.45) is 0. The van der Waals surface area contributed by atoms with Crippen molar-refractivity contribution in [2.45, 2.75) is 0 Å². The molecule has 0 amide bonds. The van der Waals surface area contributed by atoms with E-state index >= 15 is 0 Å². The number of hydrogen-bond donors (Lipinski definition) is 0. The van der Waals surface area contributed by atoms with E-state index < -0.39 is 0 Å². The van der Waals surface area contributed by atoms with Crippen LogP contribution in [0.25, 0.3) is 95.3 Å². The van der Waals surface area contributed by atoms with Gasteiger partial charge in [-0.2, -0.15) is 0 Å². The number of para-hydroxylation sites is 1. The Bertz CT molecular complexity index is 3480. The first-order chi connectivity index (χ1) is 27.8. The van der Waals surface area contributed by atoms with E-state index in [1.54, 1.807) is 0 Å². The van der Waals surface area contributed by atoms with Crippen LogP contribution in [0.1, 0.15) is 0 Å². The molecular formula is C52H31NOS2. The minimum atomic E-state index is 0.918. The van der Waals surface area contributed by atoms with Crippen LogP contribution in [0, 0.1) is 0 Å². The maximum absolute atomic E-state index is 6.73. The van der Waals surface area contributed by atoms with Crippen LogP contribution in [-0.2, 0) is 0 Å². The third kappa shape index (κ3) is 4.80. The fraction of sp³-hybridized carbons (Fsp3) is 0. The number of anilines is 3. The van der Waals surface area contributed by atoms with E-state index in [0.717, 1.165) is 55.5 Å². The van der Waals surface area contributed by atoms with Crippen molar-refractivity contribution in [1.82, 2.24) is 0 Å². The van der Waals surface area contributed by atoms with Crippen molar-refractivity contribution in [3.8, 4) is 22.3 Å². The molecule has 3 heterocycles. The Morgan fingerprint density at radius 2 is 0.857 bits per heavy atom. The second-order valence-corrected chi connectivity index (χ2v) is 16.6. The van der Waals surface area contributed by atoms with Crippen molar-refractivity contribution < 1.29 is 4.42 Å². The van der Waals surface area contributed by atoms with E-state index in [1.165, 1.54) is 56.9 Å². The summed E-state index contributed by atoms with van der Waals surface area (Å²) in [5.41, 5.74) is 9.91. The molecule has 0 saturated carbocycles. The lowest BCUT2D eigenvalue weighted by molar-refractivity contribution is 0.674. The highest BCUT2D eigenvalue weighted by atomic mass is 32.1. The highest BCUT2D eigenvalue weighted by Gasteiger charge is 2.20. The van der Waals surface area contributed by atoms with Gasteiger partial charge in [-0.25, -0.2) is 0 Å². The number of furan rings is 1. The number of rotatable bonds is 5. The van der Waals surface area contributed by atoms with Crippen molar-refractivity contribution in [2.24, 2.45) is 0 Å². The summed E-state index contributed by atoms with van der Waals surface area (Å²) < 4.78 is 11.9. The van der Waals surface area contributed by atoms with Gasteiger partial charge in [-0.1, -0.05) is 127 Å². The Hall–Kier alpha value is -6.72. The van der Waals surface area contributed by atoms with Gasteiger partial charge in [-0.15, -0.1) is 22.7 Å². The van der Waals surface area contributed by atoms with Crippen molar-refractivity contribution in [2.75, 3.05) is 4.90 Å². The SMILES string of the molecule is c1ccc2c(c1)ccc1c3cccc(-c4ccc(N(c5ccc(-c6cccc7sc8ccccc8c67)cc5)c5cccc6sc7ccccc7c56)cc4)c3oc21. The maximum atomic E-state index is 6.73. The molecule has 4 heteroatoms. The minimum absolute atomic E-state index is 0.918. The Balaban J connectivity index is 1.01. The van der Waals surface area contributed by atoms with Crippen molar-refractivity contribution >= 4 is 113 Å². The molecular weight excluding hydrogens is 719 g/mol. The molecule has 9 aromatic carbocycles. The largest absolute Gasteiger partial charge is 0.455 e. The molecule has 0 unspecified atom stereocenters. The first-order valence-electron chi connectivity index (χ1n) is 18.9. The van der Waals surface area contributed by atoms with E-state index in [4.69, 9.17) is 4.42 Å². The van der Waals surface area contributed by atoms with E-state index in [-0.39, 0.29) is 0 Å².